The summed E-state index contributed by atoms with van der Waals surface area (Å²) in [6.07, 6.45) is 0. The predicted molar refractivity (Wildman–Crippen MR) is 75.5 cm³/mol. The molecule has 7 nitrogen and oxygen atoms in total. The molecule has 0 aliphatic carbocycles. The molecule has 0 unspecified atom stereocenters. The molecule has 118 valence electrons. The molecule has 8 heteroatoms. The minimum Gasteiger partial charge on any atom is -0.459 e. The van der Waals surface area contributed by atoms with Gasteiger partial charge in [0.05, 0.1) is 5.75 Å². The summed E-state index contributed by atoms with van der Waals surface area (Å²) in [6.45, 7) is 8.32. The monoisotopic (exact) mass is 308 g/mol. The zero-order valence-electron chi connectivity index (χ0n) is 12.6. The van der Waals surface area contributed by atoms with Crippen molar-refractivity contribution in [2.24, 2.45) is 5.92 Å². The third-order valence-electron chi connectivity index (χ3n) is 2.28. The van der Waals surface area contributed by atoms with Crippen LogP contribution in [0.15, 0.2) is 0 Å². The van der Waals surface area contributed by atoms with E-state index in [-0.39, 0.29) is 18.8 Å². The Morgan fingerprint density at radius 2 is 1.75 bits per heavy atom. The summed E-state index contributed by atoms with van der Waals surface area (Å²) < 4.78 is 29.7. The van der Waals surface area contributed by atoms with Crippen LogP contribution in [0, 0.1) is 5.92 Å². The molecule has 0 fully saturated rings. The van der Waals surface area contributed by atoms with E-state index >= 15 is 0 Å². The van der Waals surface area contributed by atoms with E-state index in [0.717, 1.165) is 0 Å². The third-order valence-corrected chi connectivity index (χ3v) is 3.68. The zero-order valence-corrected chi connectivity index (χ0v) is 13.5. The minimum atomic E-state index is -3.27. The maximum atomic E-state index is 11.7. The fourth-order valence-electron chi connectivity index (χ4n) is 1.14. The standard InChI is InChI=1S/C12H24N2O5S/c1-6-20(17,18)14-8-7-13-10(15)9(2)11(16)19-12(3,4)5/h9,14H,6-8H2,1-5H3,(H,13,15)/t9-/m0/s1. The molecule has 1 atom stereocenters. The molecule has 0 aromatic carbocycles. The van der Waals surface area contributed by atoms with Gasteiger partial charge in [0.1, 0.15) is 11.5 Å². The molecule has 0 rings (SSSR count). The highest BCUT2D eigenvalue weighted by molar-refractivity contribution is 7.89. The second-order valence-corrected chi connectivity index (χ2v) is 7.44. The quantitative estimate of drug-likeness (QED) is 0.392. The molecule has 20 heavy (non-hydrogen) atoms. The van der Waals surface area contributed by atoms with Gasteiger partial charge in [-0.3, -0.25) is 9.59 Å². The van der Waals surface area contributed by atoms with E-state index in [4.69, 9.17) is 4.74 Å². The summed E-state index contributed by atoms with van der Waals surface area (Å²) in [5, 5.41) is 2.48. The van der Waals surface area contributed by atoms with Crippen molar-refractivity contribution in [2.75, 3.05) is 18.8 Å². The predicted octanol–water partition coefficient (Wildman–Crippen LogP) is 0.0197. The number of amides is 1. The van der Waals surface area contributed by atoms with Crippen LogP contribution in [0.5, 0.6) is 0 Å². The third kappa shape index (κ3) is 8.11. The number of carbonyl (C=O) groups is 2. The van der Waals surface area contributed by atoms with Gasteiger partial charge in [0, 0.05) is 13.1 Å². The molecule has 0 heterocycles. The first-order valence-corrected chi connectivity index (χ1v) is 8.11. The lowest BCUT2D eigenvalue weighted by molar-refractivity contribution is -0.161. The van der Waals surface area contributed by atoms with E-state index in [2.05, 4.69) is 10.0 Å². The first-order chi connectivity index (χ1) is 8.98. The Balaban J connectivity index is 4.13. The molecule has 0 aromatic rings. The van der Waals surface area contributed by atoms with Gasteiger partial charge in [-0.15, -0.1) is 0 Å². The van der Waals surface area contributed by atoms with Gasteiger partial charge in [-0.25, -0.2) is 13.1 Å². The van der Waals surface area contributed by atoms with Gasteiger partial charge >= 0.3 is 5.97 Å². The van der Waals surface area contributed by atoms with Crippen LogP contribution in [0.3, 0.4) is 0 Å². The van der Waals surface area contributed by atoms with E-state index in [9.17, 15) is 18.0 Å². The summed E-state index contributed by atoms with van der Waals surface area (Å²) >= 11 is 0. The van der Waals surface area contributed by atoms with Crippen molar-refractivity contribution in [3.8, 4) is 0 Å². The highest BCUT2D eigenvalue weighted by Crippen LogP contribution is 2.11. The molecule has 0 spiro atoms. The summed E-state index contributed by atoms with van der Waals surface area (Å²) in [5.41, 5.74) is -0.650. The fourth-order valence-corrected chi connectivity index (χ4v) is 1.76. The number of ether oxygens (including phenoxy) is 1. The Morgan fingerprint density at radius 3 is 2.20 bits per heavy atom. The zero-order chi connectivity index (χ0) is 16.0. The second-order valence-electron chi connectivity index (χ2n) is 5.34. The van der Waals surface area contributed by atoms with Gasteiger partial charge < -0.3 is 10.1 Å². The molecular weight excluding hydrogens is 284 g/mol. The Hall–Kier alpha value is -1.15. The topological polar surface area (TPSA) is 102 Å². The Labute approximate surface area is 120 Å². The summed E-state index contributed by atoms with van der Waals surface area (Å²) in [4.78, 5) is 23.3. The first-order valence-electron chi connectivity index (χ1n) is 6.46. The van der Waals surface area contributed by atoms with Gasteiger partial charge in [0.15, 0.2) is 0 Å². The number of hydrogen-bond acceptors (Lipinski definition) is 5. The van der Waals surface area contributed by atoms with Crippen LogP contribution in [0.1, 0.15) is 34.6 Å². The van der Waals surface area contributed by atoms with Gasteiger partial charge in [0.2, 0.25) is 15.9 Å². The van der Waals surface area contributed by atoms with Crippen LogP contribution < -0.4 is 10.0 Å². The van der Waals surface area contributed by atoms with Crippen molar-refractivity contribution in [3.05, 3.63) is 0 Å². The second kappa shape index (κ2) is 7.58. The highest BCUT2D eigenvalue weighted by Gasteiger charge is 2.26. The van der Waals surface area contributed by atoms with Gasteiger partial charge in [-0.2, -0.15) is 0 Å². The Bertz CT molecular complexity index is 439. The summed E-state index contributed by atoms with van der Waals surface area (Å²) in [6, 6.07) is 0. The highest BCUT2D eigenvalue weighted by atomic mass is 32.2. The summed E-state index contributed by atoms with van der Waals surface area (Å²) in [7, 11) is -3.27. The van der Waals surface area contributed by atoms with Crippen molar-refractivity contribution < 1.29 is 22.7 Å². The van der Waals surface area contributed by atoms with Crippen LogP contribution in [0.2, 0.25) is 0 Å². The number of nitrogens with one attached hydrogen (secondary N) is 2. The number of carbonyl (C=O) groups excluding carboxylic acids is 2. The molecule has 0 radical (unpaired) electrons. The maximum absolute atomic E-state index is 11.7. The van der Waals surface area contributed by atoms with E-state index in [0.29, 0.717) is 0 Å². The van der Waals surface area contributed by atoms with Crippen molar-refractivity contribution in [1.29, 1.82) is 0 Å². The van der Waals surface area contributed by atoms with Gasteiger partial charge in [-0.1, -0.05) is 0 Å². The van der Waals surface area contributed by atoms with Crippen LogP contribution in [0.4, 0.5) is 0 Å². The molecular formula is C12H24N2O5S. The first kappa shape index (κ1) is 18.9. The fraction of sp³-hybridized carbons (Fsp3) is 0.833. The molecule has 0 saturated heterocycles. The van der Waals surface area contributed by atoms with Gasteiger partial charge in [0.25, 0.3) is 0 Å². The number of esters is 1. The molecule has 0 aliphatic rings. The molecule has 2 N–H and O–H groups in total. The largest absolute Gasteiger partial charge is 0.459 e. The van der Waals surface area contributed by atoms with Crippen LogP contribution in [-0.4, -0.2) is 44.7 Å². The lowest BCUT2D eigenvalue weighted by atomic mass is 10.1. The lowest BCUT2D eigenvalue weighted by Gasteiger charge is -2.21. The van der Waals surface area contributed by atoms with E-state index in [1.54, 1.807) is 20.8 Å². The smallest absolute Gasteiger partial charge is 0.318 e. The van der Waals surface area contributed by atoms with Gasteiger partial charge in [-0.05, 0) is 34.6 Å². The van der Waals surface area contributed by atoms with E-state index in [1.165, 1.54) is 13.8 Å². The molecule has 0 aromatic heterocycles. The Morgan fingerprint density at radius 1 is 1.20 bits per heavy atom. The normalized spacial score (nSPS) is 13.7. The SMILES string of the molecule is CCS(=O)(=O)NCCNC(=O)[C@H](C)C(=O)OC(C)(C)C. The average molecular weight is 308 g/mol. The maximum Gasteiger partial charge on any atom is 0.318 e. The number of hydrogen-bond donors (Lipinski definition) is 2. The van der Waals surface area contributed by atoms with Crippen LogP contribution in [-0.2, 0) is 24.3 Å². The van der Waals surface area contributed by atoms with Crippen molar-refractivity contribution in [1.82, 2.24) is 10.0 Å². The van der Waals surface area contributed by atoms with E-state index < -0.39 is 33.4 Å². The Kier molecular flexibility index (Phi) is 7.15. The van der Waals surface area contributed by atoms with Crippen LogP contribution >= 0.6 is 0 Å². The van der Waals surface area contributed by atoms with E-state index in [1.807, 2.05) is 0 Å². The lowest BCUT2D eigenvalue weighted by Crippen LogP contribution is -2.41. The van der Waals surface area contributed by atoms with Crippen molar-refractivity contribution >= 4 is 21.9 Å². The van der Waals surface area contributed by atoms with Crippen molar-refractivity contribution in [3.63, 3.8) is 0 Å². The van der Waals surface area contributed by atoms with Crippen molar-refractivity contribution in [2.45, 2.75) is 40.2 Å². The number of rotatable bonds is 7. The molecule has 0 aliphatic heterocycles. The molecule has 0 bridgehead atoms. The molecule has 0 saturated carbocycles. The summed E-state index contributed by atoms with van der Waals surface area (Å²) in [5.74, 6) is -2.05. The molecule has 1 amide bonds. The van der Waals surface area contributed by atoms with Crippen LogP contribution in [0.25, 0.3) is 0 Å². The average Bonchev–Trinajstić information content (AvgIpc) is 2.31. The minimum absolute atomic E-state index is 0.0186. The number of sulfonamides is 1.